The van der Waals surface area contributed by atoms with E-state index in [0.717, 1.165) is 25.2 Å². The monoisotopic (exact) mass is 228 g/mol. The number of benzene rings is 1. The molecule has 0 fully saturated rings. The Hall–Kier alpha value is -1.90. The summed E-state index contributed by atoms with van der Waals surface area (Å²) < 4.78 is 13.1. The highest BCUT2D eigenvalue weighted by molar-refractivity contribution is 5.48. The lowest BCUT2D eigenvalue weighted by atomic mass is 10.00. The zero-order chi connectivity index (χ0) is 11.7. The summed E-state index contributed by atoms with van der Waals surface area (Å²) in [5.74, 6) is -0.415. The predicted octanol–water partition coefficient (Wildman–Crippen LogP) is 2.78. The van der Waals surface area contributed by atoms with E-state index in [2.05, 4.69) is 34.1 Å². The van der Waals surface area contributed by atoms with Crippen LogP contribution in [-0.4, -0.2) is 11.5 Å². The standard InChI is InChI=1S/C14H13FN2/c15-14-9-13(5-7-16-14)17-8-6-11-3-1-2-4-12(11)10-17/h1-5,7,9H,6,8,10H2. The van der Waals surface area contributed by atoms with Crippen molar-refractivity contribution in [3.63, 3.8) is 0 Å². The quantitative estimate of drug-likeness (QED) is 0.698. The molecule has 1 aromatic heterocycles. The van der Waals surface area contributed by atoms with Gasteiger partial charge in [0.05, 0.1) is 0 Å². The predicted molar refractivity (Wildman–Crippen MR) is 65.4 cm³/mol. The molecule has 0 N–H and O–H groups in total. The summed E-state index contributed by atoms with van der Waals surface area (Å²) in [7, 11) is 0. The number of rotatable bonds is 1. The average Bonchev–Trinajstić information content (AvgIpc) is 2.38. The molecule has 0 aliphatic carbocycles. The molecule has 0 bridgehead atoms. The van der Waals surface area contributed by atoms with Crippen molar-refractivity contribution in [3.8, 4) is 0 Å². The van der Waals surface area contributed by atoms with Gasteiger partial charge in [-0.1, -0.05) is 24.3 Å². The van der Waals surface area contributed by atoms with Gasteiger partial charge in [-0.15, -0.1) is 0 Å². The maximum Gasteiger partial charge on any atom is 0.214 e. The maximum atomic E-state index is 13.1. The molecule has 1 aromatic carbocycles. The first kappa shape index (κ1) is 10.3. The molecule has 3 rings (SSSR count). The van der Waals surface area contributed by atoms with E-state index >= 15 is 0 Å². The van der Waals surface area contributed by atoms with Gasteiger partial charge in [0, 0.05) is 31.0 Å². The minimum atomic E-state index is -0.415. The summed E-state index contributed by atoms with van der Waals surface area (Å²) in [6.07, 6.45) is 2.53. The van der Waals surface area contributed by atoms with Crippen LogP contribution in [0.3, 0.4) is 0 Å². The van der Waals surface area contributed by atoms with Crippen LogP contribution in [0.4, 0.5) is 10.1 Å². The van der Waals surface area contributed by atoms with Crippen LogP contribution in [-0.2, 0) is 13.0 Å². The van der Waals surface area contributed by atoms with Crippen LogP contribution in [0.5, 0.6) is 0 Å². The number of pyridine rings is 1. The summed E-state index contributed by atoms with van der Waals surface area (Å²) >= 11 is 0. The van der Waals surface area contributed by atoms with E-state index in [1.807, 2.05) is 6.07 Å². The molecule has 3 heteroatoms. The third-order valence-corrected chi connectivity index (χ3v) is 3.21. The van der Waals surface area contributed by atoms with Gasteiger partial charge >= 0.3 is 0 Å². The van der Waals surface area contributed by atoms with Crippen LogP contribution in [0.1, 0.15) is 11.1 Å². The highest BCUT2D eigenvalue weighted by atomic mass is 19.1. The second-order valence-electron chi connectivity index (χ2n) is 4.28. The third-order valence-electron chi connectivity index (χ3n) is 3.21. The van der Waals surface area contributed by atoms with E-state index in [9.17, 15) is 4.39 Å². The maximum absolute atomic E-state index is 13.1. The number of aromatic nitrogens is 1. The van der Waals surface area contributed by atoms with Crippen molar-refractivity contribution in [2.24, 2.45) is 0 Å². The molecule has 0 saturated heterocycles. The van der Waals surface area contributed by atoms with Gasteiger partial charge < -0.3 is 4.90 Å². The molecule has 0 unspecified atom stereocenters. The van der Waals surface area contributed by atoms with Crippen molar-refractivity contribution in [2.45, 2.75) is 13.0 Å². The Morgan fingerprint density at radius 3 is 2.76 bits per heavy atom. The molecular weight excluding hydrogens is 215 g/mol. The molecule has 0 saturated carbocycles. The first-order chi connectivity index (χ1) is 8.33. The van der Waals surface area contributed by atoms with Gasteiger partial charge in [0.25, 0.3) is 0 Å². The van der Waals surface area contributed by atoms with Crippen molar-refractivity contribution in [2.75, 3.05) is 11.4 Å². The van der Waals surface area contributed by atoms with Crippen molar-refractivity contribution in [3.05, 3.63) is 59.7 Å². The van der Waals surface area contributed by atoms with Gasteiger partial charge in [0.1, 0.15) is 0 Å². The number of hydrogen-bond donors (Lipinski definition) is 0. The smallest absolute Gasteiger partial charge is 0.214 e. The molecule has 2 nitrogen and oxygen atoms in total. The normalized spacial score (nSPS) is 14.5. The zero-order valence-corrected chi connectivity index (χ0v) is 9.44. The Bertz CT molecular complexity index is 539. The minimum absolute atomic E-state index is 0.415. The molecule has 86 valence electrons. The van der Waals surface area contributed by atoms with E-state index in [1.54, 1.807) is 0 Å². The Morgan fingerprint density at radius 1 is 1.12 bits per heavy atom. The van der Waals surface area contributed by atoms with Crippen LogP contribution in [0.25, 0.3) is 0 Å². The average molecular weight is 228 g/mol. The Morgan fingerprint density at radius 2 is 1.94 bits per heavy atom. The van der Waals surface area contributed by atoms with E-state index in [4.69, 9.17) is 0 Å². The van der Waals surface area contributed by atoms with Gasteiger partial charge in [-0.2, -0.15) is 4.39 Å². The van der Waals surface area contributed by atoms with Crippen molar-refractivity contribution in [1.29, 1.82) is 0 Å². The lowest BCUT2D eigenvalue weighted by molar-refractivity contribution is 0.582. The molecule has 0 amide bonds. The minimum Gasteiger partial charge on any atom is -0.367 e. The molecule has 1 aliphatic heterocycles. The lowest BCUT2D eigenvalue weighted by Crippen LogP contribution is -2.30. The summed E-state index contributed by atoms with van der Waals surface area (Å²) in [5.41, 5.74) is 3.64. The van der Waals surface area contributed by atoms with Crippen LogP contribution < -0.4 is 4.90 Å². The van der Waals surface area contributed by atoms with Crippen LogP contribution in [0, 0.1) is 5.95 Å². The van der Waals surface area contributed by atoms with E-state index < -0.39 is 5.95 Å². The fourth-order valence-electron chi connectivity index (χ4n) is 2.31. The second-order valence-corrected chi connectivity index (χ2v) is 4.28. The summed E-state index contributed by atoms with van der Waals surface area (Å²) in [5, 5.41) is 0. The highest BCUT2D eigenvalue weighted by Gasteiger charge is 2.16. The van der Waals surface area contributed by atoms with Gasteiger partial charge in [-0.25, -0.2) is 4.98 Å². The van der Waals surface area contributed by atoms with Gasteiger partial charge in [-0.3, -0.25) is 0 Å². The molecule has 2 heterocycles. The molecular formula is C14H13FN2. The molecule has 2 aromatic rings. The Labute approximate surface area is 99.7 Å². The molecule has 17 heavy (non-hydrogen) atoms. The largest absolute Gasteiger partial charge is 0.367 e. The van der Waals surface area contributed by atoms with Crippen molar-refractivity contribution < 1.29 is 4.39 Å². The number of fused-ring (bicyclic) bond motifs is 1. The number of hydrogen-bond acceptors (Lipinski definition) is 2. The Balaban J connectivity index is 1.89. The number of nitrogens with zero attached hydrogens (tertiary/aromatic N) is 2. The fourth-order valence-corrected chi connectivity index (χ4v) is 2.31. The summed E-state index contributed by atoms with van der Waals surface area (Å²) in [4.78, 5) is 5.77. The lowest BCUT2D eigenvalue weighted by Gasteiger charge is -2.30. The summed E-state index contributed by atoms with van der Waals surface area (Å²) in [6, 6.07) is 11.8. The third kappa shape index (κ3) is 2.00. The topological polar surface area (TPSA) is 16.1 Å². The molecule has 0 spiro atoms. The number of anilines is 1. The van der Waals surface area contributed by atoms with Crippen LogP contribution >= 0.6 is 0 Å². The number of halogens is 1. The van der Waals surface area contributed by atoms with Gasteiger partial charge in [-0.05, 0) is 23.6 Å². The molecule has 0 radical (unpaired) electrons. The van der Waals surface area contributed by atoms with Crippen LogP contribution in [0.2, 0.25) is 0 Å². The van der Waals surface area contributed by atoms with E-state index in [1.165, 1.54) is 23.4 Å². The van der Waals surface area contributed by atoms with Gasteiger partial charge in [0.15, 0.2) is 0 Å². The van der Waals surface area contributed by atoms with Gasteiger partial charge in [0.2, 0.25) is 5.95 Å². The van der Waals surface area contributed by atoms with E-state index in [-0.39, 0.29) is 0 Å². The van der Waals surface area contributed by atoms with Crippen molar-refractivity contribution in [1.82, 2.24) is 4.98 Å². The highest BCUT2D eigenvalue weighted by Crippen LogP contribution is 2.24. The summed E-state index contributed by atoms with van der Waals surface area (Å²) in [6.45, 7) is 1.78. The Kier molecular flexibility index (Phi) is 2.52. The first-order valence-corrected chi connectivity index (χ1v) is 5.76. The van der Waals surface area contributed by atoms with Crippen LogP contribution in [0.15, 0.2) is 42.6 Å². The first-order valence-electron chi connectivity index (χ1n) is 5.76. The zero-order valence-electron chi connectivity index (χ0n) is 9.44. The van der Waals surface area contributed by atoms with E-state index in [0.29, 0.717) is 0 Å². The second kappa shape index (κ2) is 4.17. The van der Waals surface area contributed by atoms with Crippen molar-refractivity contribution >= 4 is 5.69 Å². The molecule has 1 aliphatic rings. The molecule has 0 atom stereocenters. The fraction of sp³-hybridized carbons (Fsp3) is 0.214. The SMILES string of the molecule is Fc1cc(N2CCc3ccccc3C2)ccn1.